The van der Waals surface area contributed by atoms with Crippen molar-refractivity contribution in [3.8, 4) is 11.6 Å². The lowest BCUT2D eigenvalue weighted by atomic mass is 10.1. The van der Waals surface area contributed by atoms with Gasteiger partial charge < -0.3 is 28.9 Å². The highest BCUT2D eigenvalue weighted by atomic mass is 35.5. The van der Waals surface area contributed by atoms with Gasteiger partial charge in [-0.2, -0.15) is 0 Å². The van der Waals surface area contributed by atoms with Crippen LogP contribution >= 0.6 is 23.2 Å². The van der Waals surface area contributed by atoms with Gasteiger partial charge in [0.2, 0.25) is 11.3 Å². The number of fused-ring (bicyclic) bond motifs is 1. The third kappa shape index (κ3) is 5.42. The number of hydrogen-bond donors (Lipinski definition) is 1. The molecular weight excluding hydrogens is 569 g/mol. The molecule has 0 unspecified atom stereocenters. The number of aromatic carboxylic acids is 1. The molecule has 2 fully saturated rings. The predicted molar refractivity (Wildman–Crippen MR) is 157 cm³/mol. The predicted octanol–water partition coefficient (Wildman–Crippen LogP) is 4.67. The molecule has 4 aromatic rings. The summed E-state index contributed by atoms with van der Waals surface area (Å²) < 4.78 is 13.1. The molecule has 1 N–H and O–H groups in total. The minimum atomic E-state index is -1.31. The van der Waals surface area contributed by atoms with E-state index in [0.29, 0.717) is 46.9 Å². The monoisotopic (exact) mass is 595 g/mol. The zero-order chi connectivity index (χ0) is 28.5. The number of carboxylic acid groups (broad SMARTS) is 1. The summed E-state index contributed by atoms with van der Waals surface area (Å²) in [6, 6.07) is 10.6. The zero-order valence-electron chi connectivity index (χ0n) is 22.0. The lowest BCUT2D eigenvalue weighted by Gasteiger charge is -2.28. The van der Waals surface area contributed by atoms with E-state index in [1.165, 1.54) is 6.20 Å². The molecule has 6 rings (SSSR count). The Balaban J connectivity index is 1.39. The molecule has 5 heterocycles. The summed E-state index contributed by atoms with van der Waals surface area (Å²) in [5.74, 6) is -0.139. The van der Waals surface area contributed by atoms with Crippen LogP contribution in [0.4, 0.5) is 11.5 Å². The number of rotatable bonds is 7. The molecule has 0 aliphatic carbocycles. The van der Waals surface area contributed by atoms with Crippen LogP contribution in [0.3, 0.4) is 0 Å². The highest BCUT2D eigenvalue weighted by Gasteiger charge is 2.29. The van der Waals surface area contributed by atoms with E-state index < -0.39 is 11.4 Å². The molecule has 3 aromatic heterocycles. The van der Waals surface area contributed by atoms with Gasteiger partial charge in [0.25, 0.3) is 0 Å². The molecule has 10 nitrogen and oxygen atoms in total. The maximum atomic E-state index is 13.2. The Kier molecular flexibility index (Phi) is 7.70. The largest absolute Gasteiger partial charge is 0.477 e. The van der Waals surface area contributed by atoms with Crippen molar-refractivity contribution >= 4 is 51.6 Å². The summed E-state index contributed by atoms with van der Waals surface area (Å²) >= 11 is 13.0. The average molecular weight is 596 g/mol. The molecule has 0 spiro atoms. The molecule has 2 aliphatic rings. The first-order chi connectivity index (χ1) is 19.9. The van der Waals surface area contributed by atoms with Crippen LogP contribution in [0.2, 0.25) is 10.0 Å². The van der Waals surface area contributed by atoms with Crippen LogP contribution in [0, 0.1) is 0 Å². The van der Waals surface area contributed by atoms with Gasteiger partial charge in [-0.3, -0.25) is 4.79 Å². The fraction of sp³-hybridized carbons (Fsp3) is 0.310. The van der Waals surface area contributed by atoms with Crippen LogP contribution in [0.15, 0.2) is 59.8 Å². The van der Waals surface area contributed by atoms with Gasteiger partial charge >= 0.3 is 5.97 Å². The fourth-order valence-electron chi connectivity index (χ4n) is 5.40. The molecule has 0 radical (unpaired) electrons. The summed E-state index contributed by atoms with van der Waals surface area (Å²) in [6.45, 7) is 3.84. The van der Waals surface area contributed by atoms with Crippen LogP contribution in [-0.2, 0) is 4.74 Å². The molecule has 41 heavy (non-hydrogen) atoms. The maximum Gasteiger partial charge on any atom is 0.341 e. The van der Waals surface area contributed by atoms with Gasteiger partial charge in [-0.05, 0) is 49.2 Å². The highest BCUT2D eigenvalue weighted by Crippen LogP contribution is 2.36. The van der Waals surface area contributed by atoms with Crippen molar-refractivity contribution in [3.63, 3.8) is 0 Å². The van der Waals surface area contributed by atoms with Crippen molar-refractivity contribution in [1.29, 1.82) is 0 Å². The van der Waals surface area contributed by atoms with Crippen molar-refractivity contribution in [2.75, 3.05) is 49.3 Å². The van der Waals surface area contributed by atoms with Crippen molar-refractivity contribution in [3.05, 3.63) is 80.8 Å². The van der Waals surface area contributed by atoms with Crippen LogP contribution < -0.4 is 20.0 Å². The first kappa shape index (κ1) is 27.3. The van der Waals surface area contributed by atoms with E-state index in [-0.39, 0.29) is 17.0 Å². The number of carboxylic acids is 1. The summed E-state index contributed by atoms with van der Waals surface area (Å²) in [7, 11) is 0. The Morgan fingerprint density at radius 2 is 1.93 bits per heavy atom. The third-order valence-corrected chi connectivity index (χ3v) is 8.06. The number of morpholine rings is 1. The molecule has 212 valence electrons. The molecule has 1 aromatic carbocycles. The number of benzene rings is 1. The van der Waals surface area contributed by atoms with Gasteiger partial charge in [0.05, 0.1) is 47.4 Å². The second-order valence-electron chi connectivity index (χ2n) is 9.93. The number of ether oxygens (including phenoxy) is 2. The zero-order valence-corrected chi connectivity index (χ0v) is 23.5. The highest BCUT2D eigenvalue weighted by molar-refractivity contribution is 6.34. The number of pyridine rings is 3. The van der Waals surface area contributed by atoms with Crippen molar-refractivity contribution in [1.82, 2.24) is 14.5 Å². The Labute approximate surface area is 245 Å². The first-order valence-corrected chi connectivity index (χ1v) is 14.1. The Hall–Kier alpha value is -3.86. The van der Waals surface area contributed by atoms with Gasteiger partial charge in [0, 0.05) is 37.4 Å². The van der Waals surface area contributed by atoms with Crippen LogP contribution in [-0.4, -0.2) is 71.1 Å². The molecule has 2 saturated heterocycles. The number of nitrogens with zero attached hydrogens (tertiary/aromatic N) is 5. The average Bonchev–Trinajstić information content (AvgIpc) is 3.46. The quantitative estimate of drug-likeness (QED) is 0.326. The summed E-state index contributed by atoms with van der Waals surface area (Å²) in [4.78, 5) is 38.3. The standard InChI is InChI=1S/C29H27Cl2N5O5/c30-22-4-1-7-32-28(22)41-17-19-3-2-8-35(19)25-14-24-20(13-23(25)31)27(37)21(29(38)39)16-36(24)18-5-6-26(33-15-18)34-9-11-40-12-10-34/h1,4-7,13-16,19H,2-3,8-12,17H2,(H,38,39)/t19-/m1/s1. The lowest BCUT2D eigenvalue weighted by Crippen LogP contribution is -2.36. The fourth-order valence-corrected chi connectivity index (χ4v) is 5.85. The second kappa shape index (κ2) is 11.6. The number of halogens is 2. The van der Waals surface area contributed by atoms with Gasteiger partial charge in [-0.15, -0.1) is 0 Å². The SMILES string of the molecule is O=C(O)c1cn(-c2ccc(N3CCOCC3)nc2)c2cc(N3CCC[C@@H]3COc3ncccc3Cl)c(Cl)cc2c1=O. The third-order valence-electron chi connectivity index (χ3n) is 7.47. The van der Waals surface area contributed by atoms with Crippen molar-refractivity contribution in [2.45, 2.75) is 18.9 Å². The lowest BCUT2D eigenvalue weighted by molar-refractivity contribution is 0.0695. The van der Waals surface area contributed by atoms with Gasteiger partial charge in [0.1, 0.15) is 23.0 Å². The van der Waals surface area contributed by atoms with Gasteiger partial charge in [-0.1, -0.05) is 23.2 Å². The van der Waals surface area contributed by atoms with Crippen LogP contribution in [0.5, 0.6) is 5.88 Å². The van der Waals surface area contributed by atoms with E-state index in [2.05, 4.69) is 19.8 Å². The number of hydrogen-bond acceptors (Lipinski definition) is 8. The minimum absolute atomic E-state index is 0.00374. The van der Waals surface area contributed by atoms with E-state index in [1.807, 2.05) is 18.2 Å². The first-order valence-electron chi connectivity index (χ1n) is 13.3. The molecule has 0 amide bonds. The number of anilines is 2. The van der Waals surface area contributed by atoms with E-state index in [4.69, 9.17) is 32.7 Å². The molecule has 2 aliphatic heterocycles. The normalized spacial score (nSPS) is 17.3. The number of aromatic nitrogens is 3. The van der Waals surface area contributed by atoms with E-state index in [9.17, 15) is 14.7 Å². The van der Waals surface area contributed by atoms with Crippen molar-refractivity contribution in [2.24, 2.45) is 0 Å². The van der Waals surface area contributed by atoms with E-state index >= 15 is 0 Å². The maximum absolute atomic E-state index is 13.2. The molecule has 12 heteroatoms. The van der Waals surface area contributed by atoms with Gasteiger partial charge in [0.15, 0.2) is 0 Å². The van der Waals surface area contributed by atoms with Crippen LogP contribution in [0.25, 0.3) is 16.6 Å². The Morgan fingerprint density at radius 3 is 2.66 bits per heavy atom. The van der Waals surface area contributed by atoms with Crippen LogP contribution in [0.1, 0.15) is 23.2 Å². The summed E-state index contributed by atoms with van der Waals surface area (Å²) in [6.07, 6.45) is 6.45. The molecular formula is C29H27Cl2N5O5. The van der Waals surface area contributed by atoms with E-state index in [0.717, 1.165) is 44.0 Å². The van der Waals surface area contributed by atoms with Crippen molar-refractivity contribution < 1.29 is 19.4 Å². The smallest absolute Gasteiger partial charge is 0.341 e. The summed E-state index contributed by atoms with van der Waals surface area (Å²) in [5, 5.41) is 10.8. The molecule has 1 atom stereocenters. The minimum Gasteiger partial charge on any atom is -0.477 e. The van der Waals surface area contributed by atoms with Gasteiger partial charge in [-0.25, -0.2) is 14.8 Å². The number of carbonyl (C=O) groups is 1. The second-order valence-corrected chi connectivity index (χ2v) is 10.7. The summed E-state index contributed by atoms with van der Waals surface area (Å²) in [5.41, 5.74) is 0.930. The molecule has 0 saturated carbocycles. The van der Waals surface area contributed by atoms with E-state index in [1.54, 1.807) is 35.2 Å². The Morgan fingerprint density at radius 1 is 1.10 bits per heavy atom. The topological polar surface area (TPSA) is 110 Å². The Bertz CT molecular complexity index is 1660. The molecule has 0 bridgehead atoms.